The SMILES string of the molecule is COC(=O)/C(C)=C\CC1(O)C(=O)C2CC(C(C)C)C13Oc1c(CC=C(C)C)c4c(c(O[C@H]5O[C@H]6COC(C)(C)O[C@@H]6[C@@H](O)[C@@H]5O)c1C1=C3C2n2ncnc2N1)C=CC(C)(CCC=C(C)C)O4. The van der Waals surface area contributed by atoms with E-state index in [1.165, 1.54) is 19.0 Å². The van der Waals surface area contributed by atoms with Crippen LogP contribution in [0.1, 0.15) is 118 Å². The summed E-state index contributed by atoms with van der Waals surface area (Å²) in [6.07, 6.45) is 6.89. The molecule has 6 unspecified atom stereocenters. The van der Waals surface area contributed by atoms with Crippen molar-refractivity contribution < 1.29 is 58.1 Å². The summed E-state index contributed by atoms with van der Waals surface area (Å²) < 4.78 is 47.1. The second-order valence-corrected chi connectivity index (χ2v) is 20.5. The van der Waals surface area contributed by atoms with E-state index in [0.717, 1.165) is 12.0 Å². The van der Waals surface area contributed by atoms with E-state index < -0.39 is 82.9 Å². The number of carbonyl (C=O) groups is 2. The normalized spacial score (nSPS) is 34.4. The van der Waals surface area contributed by atoms with Crippen LogP contribution in [0.4, 0.5) is 5.95 Å². The number of carbonyl (C=O) groups excluding carboxylic acids is 2. The Labute approximate surface area is 385 Å². The van der Waals surface area contributed by atoms with Gasteiger partial charge in [-0.15, -0.1) is 0 Å². The average molecular weight is 913 g/mol. The predicted octanol–water partition coefficient (Wildman–Crippen LogP) is 6.30. The summed E-state index contributed by atoms with van der Waals surface area (Å²) >= 11 is 0. The summed E-state index contributed by atoms with van der Waals surface area (Å²) in [6, 6.07) is -0.727. The Bertz CT molecular complexity index is 2490. The van der Waals surface area contributed by atoms with Crippen LogP contribution >= 0.6 is 0 Å². The fourth-order valence-electron chi connectivity index (χ4n) is 11.3. The van der Waals surface area contributed by atoms with Crippen molar-refractivity contribution in [2.24, 2.45) is 17.8 Å². The van der Waals surface area contributed by atoms with Gasteiger partial charge in [-0.25, -0.2) is 9.48 Å². The van der Waals surface area contributed by atoms with Crippen LogP contribution in [0.5, 0.6) is 17.2 Å². The second kappa shape index (κ2) is 16.4. The smallest absolute Gasteiger partial charge is 0.333 e. The van der Waals surface area contributed by atoms with E-state index in [1.54, 1.807) is 31.5 Å². The molecule has 66 heavy (non-hydrogen) atoms. The van der Waals surface area contributed by atoms with Gasteiger partial charge in [0.1, 0.15) is 53.6 Å². The predicted molar refractivity (Wildman–Crippen MR) is 242 cm³/mol. The number of esters is 1. The van der Waals surface area contributed by atoms with Crippen LogP contribution in [-0.2, 0) is 35.0 Å². The molecule has 10 rings (SSSR count). The number of benzene rings is 1. The Morgan fingerprint density at radius 2 is 1.79 bits per heavy atom. The van der Waals surface area contributed by atoms with Gasteiger partial charge in [-0.2, -0.15) is 10.1 Å². The Balaban J connectivity index is 1.33. The number of methoxy groups -OCH3 is 1. The number of hydrogen-bond donors (Lipinski definition) is 4. The molecule has 5 aliphatic heterocycles. The fourth-order valence-corrected chi connectivity index (χ4v) is 11.3. The van der Waals surface area contributed by atoms with E-state index in [0.29, 0.717) is 64.7 Å². The van der Waals surface area contributed by atoms with Crippen LogP contribution in [0.15, 0.2) is 52.9 Å². The van der Waals surface area contributed by atoms with Crippen LogP contribution in [0.25, 0.3) is 11.8 Å². The third-order valence-corrected chi connectivity index (χ3v) is 14.6. The van der Waals surface area contributed by atoms with Crippen molar-refractivity contribution in [3.05, 3.63) is 69.6 Å². The third kappa shape index (κ3) is 7.16. The van der Waals surface area contributed by atoms with E-state index in [2.05, 4.69) is 55.2 Å². The minimum absolute atomic E-state index is 0.0700. The zero-order chi connectivity index (χ0) is 47.4. The molecule has 6 heterocycles. The number of allylic oxidation sites excluding steroid dienone is 4. The van der Waals surface area contributed by atoms with Gasteiger partial charge in [0, 0.05) is 35.0 Å². The fraction of sp³-hybridized carbons (Fsp3) is 0.600. The molecule has 3 saturated carbocycles. The van der Waals surface area contributed by atoms with Gasteiger partial charge in [-0.1, -0.05) is 43.2 Å². The molecule has 1 aromatic heterocycles. The molecule has 3 aliphatic carbocycles. The molecule has 0 amide bonds. The Morgan fingerprint density at radius 3 is 2.48 bits per heavy atom. The maximum atomic E-state index is 15.3. The molecular weight excluding hydrogens is 849 g/mol. The van der Waals surface area contributed by atoms with Gasteiger partial charge in [0.25, 0.3) is 0 Å². The van der Waals surface area contributed by atoms with E-state index in [1.807, 2.05) is 32.9 Å². The average Bonchev–Trinajstić information content (AvgIpc) is 3.74. The van der Waals surface area contributed by atoms with Crippen molar-refractivity contribution >= 4 is 29.5 Å². The molecule has 1 aromatic carbocycles. The number of aliphatic hydroxyl groups is 3. The van der Waals surface area contributed by atoms with Crippen molar-refractivity contribution in [3.63, 3.8) is 0 Å². The standard InChI is InChI=1S/C50H64N4O12/c1-24(2)13-12-18-48(10)19-17-29-39(65-48)28(15-14-25(3)4)41-33(40(29)63-45-38(56)37(55)42-32(62-45)22-61-47(8,9)64-42)35-34-36(54-46(53-35)51-23-52-54)30-21-31(26(5)6)50(34,66-41)49(59,43(30)57)20-16-27(7)44(58)60-11/h13-14,16-17,19,23,26,30-32,36-38,42,45,55-56,59H,12,15,18,20-22H2,1-11H3,(H,51,52,53)/b27-16-/t30?,31?,32-,36?,37-,38-,42-,45+,48?,49?,50?/m0/s1. The summed E-state index contributed by atoms with van der Waals surface area (Å²) in [6.45, 7) is 19.4. The Kier molecular flexibility index (Phi) is 11.5. The lowest BCUT2D eigenvalue weighted by molar-refractivity contribution is -0.373. The Hall–Kier alpha value is -4.84. The maximum absolute atomic E-state index is 15.3. The minimum Gasteiger partial charge on any atom is -0.482 e. The van der Waals surface area contributed by atoms with E-state index >= 15 is 4.79 Å². The van der Waals surface area contributed by atoms with Crippen LogP contribution in [-0.4, -0.2) is 109 Å². The number of fused-ring (bicyclic) bond motifs is 7. The van der Waals surface area contributed by atoms with Crippen molar-refractivity contribution in [2.75, 3.05) is 19.0 Å². The Morgan fingerprint density at radius 1 is 1.05 bits per heavy atom. The molecule has 16 nitrogen and oxygen atoms in total. The number of nitrogens with zero attached hydrogens (tertiary/aromatic N) is 3. The summed E-state index contributed by atoms with van der Waals surface area (Å²) in [7, 11) is 1.29. The first-order valence-corrected chi connectivity index (χ1v) is 23.2. The van der Waals surface area contributed by atoms with Gasteiger partial charge in [0.15, 0.2) is 22.8 Å². The number of Topliss-reactive ketones (excluding diaryl/α,β-unsaturated/α-hetero) is 1. The topological polar surface area (TPSA) is 202 Å². The van der Waals surface area contributed by atoms with Crippen molar-refractivity contribution in [1.29, 1.82) is 0 Å². The summed E-state index contributed by atoms with van der Waals surface area (Å²) in [5.41, 5.74) is 0.414. The lowest BCUT2D eigenvalue weighted by Crippen LogP contribution is -2.78. The van der Waals surface area contributed by atoms with Crippen molar-refractivity contribution in [3.8, 4) is 17.2 Å². The van der Waals surface area contributed by atoms with Crippen LogP contribution in [0, 0.1) is 17.8 Å². The number of anilines is 1. The summed E-state index contributed by atoms with van der Waals surface area (Å²) in [5, 5.41) is 45.3. The molecule has 356 valence electrons. The number of hydrogen-bond acceptors (Lipinski definition) is 15. The quantitative estimate of drug-likeness (QED) is 0.111. The van der Waals surface area contributed by atoms with Gasteiger partial charge in [0.05, 0.1) is 36.6 Å². The molecule has 2 aromatic rings. The van der Waals surface area contributed by atoms with Gasteiger partial charge in [-0.3, -0.25) is 4.79 Å². The first-order valence-electron chi connectivity index (χ1n) is 23.2. The molecule has 8 aliphatic rings. The highest BCUT2D eigenvalue weighted by Crippen LogP contribution is 2.69. The summed E-state index contributed by atoms with van der Waals surface area (Å²) in [4.78, 5) is 32.7. The molecule has 4 N–H and O–H groups in total. The molecule has 5 fully saturated rings. The zero-order valence-corrected chi connectivity index (χ0v) is 39.8. The highest BCUT2D eigenvalue weighted by Gasteiger charge is 2.77. The molecule has 0 radical (unpaired) electrons. The second-order valence-electron chi connectivity index (χ2n) is 20.5. The van der Waals surface area contributed by atoms with Crippen LogP contribution in [0.3, 0.4) is 0 Å². The molecule has 2 bridgehead atoms. The zero-order valence-electron chi connectivity index (χ0n) is 39.8. The molecule has 16 heteroatoms. The molecule has 1 spiro atoms. The minimum atomic E-state index is -2.20. The first kappa shape index (κ1) is 46.3. The summed E-state index contributed by atoms with van der Waals surface area (Å²) in [5.74, 6) is -2.03. The number of rotatable bonds is 11. The van der Waals surface area contributed by atoms with E-state index in [-0.39, 0.29) is 30.3 Å². The van der Waals surface area contributed by atoms with E-state index in [4.69, 9.17) is 33.2 Å². The monoisotopic (exact) mass is 912 g/mol. The van der Waals surface area contributed by atoms with Crippen molar-refractivity contribution in [1.82, 2.24) is 14.8 Å². The van der Waals surface area contributed by atoms with Gasteiger partial charge >= 0.3 is 5.97 Å². The maximum Gasteiger partial charge on any atom is 0.333 e. The van der Waals surface area contributed by atoms with Gasteiger partial charge < -0.3 is 53.8 Å². The van der Waals surface area contributed by atoms with Crippen molar-refractivity contribution in [2.45, 2.75) is 161 Å². The molecular formula is C50H64N4O12. The molecule has 2 saturated heterocycles. The number of ether oxygens (including phenoxy) is 7. The highest BCUT2D eigenvalue weighted by molar-refractivity contribution is 6.02. The number of ketones is 1. The number of aromatic nitrogens is 3. The lowest BCUT2D eigenvalue weighted by Gasteiger charge is -2.65. The van der Waals surface area contributed by atoms with Crippen LogP contribution in [0.2, 0.25) is 0 Å². The van der Waals surface area contributed by atoms with Crippen LogP contribution < -0.4 is 19.5 Å². The lowest BCUT2D eigenvalue weighted by atomic mass is 9.46. The van der Waals surface area contributed by atoms with Gasteiger partial charge in [-0.05, 0) is 99.1 Å². The third-order valence-electron chi connectivity index (χ3n) is 14.6. The highest BCUT2D eigenvalue weighted by atomic mass is 16.8. The molecule has 11 atom stereocenters. The first-order chi connectivity index (χ1) is 31.1. The van der Waals surface area contributed by atoms with Gasteiger partial charge in [0.2, 0.25) is 12.2 Å². The van der Waals surface area contributed by atoms with E-state index in [9.17, 15) is 20.1 Å². The largest absolute Gasteiger partial charge is 0.482 e. The number of nitrogens with one attached hydrogen (secondary N) is 1. The number of aliphatic hydroxyl groups excluding tert-OH is 2.